The largest absolute Gasteiger partial charge is 0.279 e. The van der Waals surface area contributed by atoms with Gasteiger partial charge in [0.1, 0.15) is 0 Å². The second kappa shape index (κ2) is 7.56. The van der Waals surface area contributed by atoms with E-state index in [0.29, 0.717) is 6.54 Å². The Kier molecular flexibility index (Phi) is 5.44. The third-order valence-electron chi connectivity index (χ3n) is 2.74. The zero-order valence-electron chi connectivity index (χ0n) is 11.0. The normalized spacial score (nSPS) is 12.2. The fourth-order valence-corrected chi connectivity index (χ4v) is 2.29. The van der Waals surface area contributed by atoms with Crippen molar-refractivity contribution in [2.45, 2.75) is 6.54 Å². The van der Waals surface area contributed by atoms with Crippen LogP contribution in [0.1, 0.15) is 11.1 Å². The summed E-state index contributed by atoms with van der Waals surface area (Å²) in [6, 6.07) is 20.2. The van der Waals surface area contributed by atoms with E-state index in [4.69, 9.17) is 4.99 Å². The maximum absolute atomic E-state index is 4.70. The van der Waals surface area contributed by atoms with Crippen molar-refractivity contribution in [3.8, 4) is 0 Å². The van der Waals surface area contributed by atoms with Gasteiger partial charge in [-0.25, -0.2) is 0 Å². The minimum atomic E-state index is 0.630. The summed E-state index contributed by atoms with van der Waals surface area (Å²) >= 11 is 3.51. The van der Waals surface area contributed by atoms with Crippen LogP contribution in [0, 0.1) is 0 Å². The Bertz CT molecular complexity index is 616. The lowest BCUT2D eigenvalue weighted by Gasteiger charge is -2.06. The molecular formula is C17H15BrN2. The summed E-state index contributed by atoms with van der Waals surface area (Å²) < 4.78 is 0.828. The molecule has 0 amide bonds. The predicted octanol–water partition coefficient (Wildman–Crippen LogP) is 4.61. The van der Waals surface area contributed by atoms with Gasteiger partial charge in [-0.15, -0.1) is 0 Å². The lowest BCUT2D eigenvalue weighted by Crippen LogP contribution is -2.01. The number of aliphatic imine (C=N–C) groups is 2. The molecule has 0 aliphatic carbocycles. The molecule has 2 aromatic carbocycles. The minimum absolute atomic E-state index is 0.630. The molecule has 0 aliphatic rings. The van der Waals surface area contributed by atoms with Crippen LogP contribution in [-0.2, 0) is 6.54 Å². The lowest BCUT2D eigenvalue weighted by atomic mass is 10.1. The fourth-order valence-electron chi connectivity index (χ4n) is 1.80. The van der Waals surface area contributed by atoms with Crippen LogP contribution in [0.5, 0.6) is 0 Å². The molecule has 0 saturated carbocycles. The van der Waals surface area contributed by atoms with Gasteiger partial charge in [0.15, 0.2) is 0 Å². The molecule has 0 atom stereocenters. The van der Waals surface area contributed by atoms with Crippen LogP contribution < -0.4 is 0 Å². The zero-order valence-corrected chi connectivity index (χ0v) is 12.6. The van der Waals surface area contributed by atoms with E-state index >= 15 is 0 Å². The Morgan fingerprint density at radius 1 is 1.00 bits per heavy atom. The van der Waals surface area contributed by atoms with Gasteiger partial charge in [0.05, 0.1) is 16.7 Å². The van der Waals surface area contributed by atoms with Crippen LogP contribution in [0.3, 0.4) is 0 Å². The number of hydrogen-bond acceptors (Lipinski definition) is 2. The molecule has 0 heterocycles. The van der Waals surface area contributed by atoms with E-state index < -0.39 is 0 Å². The number of allylic oxidation sites excluding steroid dienone is 1. The molecule has 2 rings (SSSR count). The summed E-state index contributed by atoms with van der Waals surface area (Å²) in [6.45, 7) is 4.11. The van der Waals surface area contributed by atoms with Gasteiger partial charge in [-0.2, -0.15) is 0 Å². The van der Waals surface area contributed by atoms with Crippen molar-refractivity contribution >= 4 is 28.4 Å². The van der Waals surface area contributed by atoms with Crippen LogP contribution in [-0.4, -0.2) is 12.4 Å². The van der Waals surface area contributed by atoms with Crippen LogP contribution in [0.2, 0.25) is 0 Å². The maximum atomic E-state index is 4.70. The SMILES string of the molecule is C=N/C=C(/Br)C(=NCc1ccccc1)c1ccccc1. The first-order chi connectivity index (χ1) is 9.81. The Balaban J connectivity index is 2.32. The molecule has 0 N–H and O–H groups in total. The number of hydrogen-bond donors (Lipinski definition) is 0. The lowest BCUT2D eigenvalue weighted by molar-refractivity contribution is 1.07. The molecule has 0 radical (unpaired) electrons. The first kappa shape index (κ1) is 14.4. The summed E-state index contributed by atoms with van der Waals surface area (Å²) in [7, 11) is 0. The van der Waals surface area contributed by atoms with Gasteiger partial charge in [0.25, 0.3) is 0 Å². The van der Waals surface area contributed by atoms with E-state index in [2.05, 4.69) is 39.8 Å². The van der Waals surface area contributed by atoms with Gasteiger partial charge in [0, 0.05) is 11.8 Å². The van der Waals surface area contributed by atoms with Crippen molar-refractivity contribution in [2.75, 3.05) is 0 Å². The van der Waals surface area contributed by atoms with E-state index in [1.165, 1.54) is 5.56 Å². The Morgan fingerprint density at radius 3 is 2.20 bits per heavy atom. The summed E-state index contributed by atoms with van der Waals surface area (Å²) in [5, 5.41) is 0. The van der Waals surface area contributed by atoms with Crippen molar-refractivity contribution < 1.29 is 0 Å². The van der Waals surface area contributed by atoms with Crippen molar-refractivity contribution in [3.63, 3.8) is 0 Å². The molecule has 20 heavy (non-hydrogen) atoms. The number of rotatable bonds is 5. The predicted molar refractivity (Wildman–Crippen MR) is 89.7 cm³/mol. The monoisotopic (exact) mass is 326 g/mol. The van der Waals surface area contributed by atoms with E-state index in [1.54, 1.807) is 6.20 Å². The summed E-state index contributed by atoms with van der Waals surface area (Å²) in [5.74, 6) is 0. The standard InChI is InChI=1S/C17H15BrN2/c1-19-13-16(18)17(15-10-6-3-7-11-15)20-12-14-8-4-2-5-9-14/h2-11,13H,1,12H2/b16-13+,20-17?. The summed E-state index contributed by atoms with van der Waals surface area (Å²) in [6.07, 6.45) is 1.66. The number of nitrogens with zero attached hydrogens (tertiary/aromatic N) is 2. The molecule has 0 saturated heterocycles. The van der Waals surface area contributed by atoms with E-state index in [0.717, 1.165) is 15.8 Å². The highest BCUT2D eigenvalue weighted by Crippen LogP contribution is 2.16. The highest BCUT2D eigenvalue weighted by Gasteiger charge is 2.06. The van der Waals surface area contributed by atoms with E-state index in [1.807, 2.05) is 48.5 Å². The van der Waals surface area contributed by atoms with Crippen LogP contribution in [0.25, 0.3) is 0 Å². The second-order valence-corrected chi connectivity index (χ2v) is 5.03. The quantitative estimate of drug-likeness (QED) is 0.716. The molecule has 0 spiro atoms. The van der Waals surface area contributed by atoms with Gasteiger partial charge in [-0.1, -0.05) is 60.7 Å². The molecule has 0 unspecified atom stereocenters. The number of halogens is 1. The highest BCUT2D eigenvalue weighted by atomic mass is 79.9. The van der Waals surface area contributed by atoms with Crippen molar-refractivity contribution in [1.82, 2.24) is 0 Å². The molecule has 0 aromatic heterocycles. The molecule has 0 aliphatic heterocycles. The van der Waals surface area contributed by atoms with Crippen molar-refractivity contribution in [2.24, 2.45) is 9.98 Å². The summed E-state index contributed by atoms with van der Waals surface area (Å²) in [5.41, 5.74) is 3.10. The average Bonchev–Trinajstić information content (AvgIpc) is 2.50. The molecule has 3 heteroatoms. The third kappa shape index (κ3) is 4.00. The van der Waals surface area contributed by atoms with Gasteiger partial charge in [-0.05, 0) is 28.2 Å². The van der Waals surface area contributed by atoms with Gasteiger partial charge < -0.3 is 0 Å². The number of benzene rings is 2. The van der Waals surface area contributed by atoms with Crippen LogP contribution in [0.4, 0.5) is 0 Å². The third-order valence-corrected chi connectivity index (χ3v) is 3.32. The average molecular weight is 327 g/mol. The molecule has 0 fully saturated rings. The Hall–Kier alpha value is -2.00. The van der Waals surface area contributed by atoms with Crippen LogP contribution in [0.15, 0.2) is 81.3 Å². The van der Waals surface area contributed by atoms with Gasteiger partial charge in [-0.3, -0.25) is 9.98 Å². The Labute approximate surface area is 127 Å². The summed E-state index contributed by atoms with van der Waals surface area (Å²) in [4.78, 5) is 8.49. The van der Waals surface area contributed by atoms with Crippen molar-refractivity contribution in [3.05, 3.63) is 82.5 Å². The first-order valence-electron chi connectivity index (χ1n) is 6.27. The molecule has 2 nitrogen and oxygen atoms in total. The molecule has 0 bridgehead atoms. The minimum Gasteiger partial charge on any atom is -0.279 e. The molecule has 2 aromatic rings. The smallest absolute Gasteiger partial charge is 0.0808 e. The maximum Gasteiger partial charge on any atom is 0.0808 e. The molecule has 100 valence electrons. The topological polar surface area (TPSA) is 24.7 Å². The highest BCUT2D eigenvalue weighted by molar-refractivity contribution is 9.12. The first-order valence-corrected chi connectivity index (χ1v) is 7.06. The molecular weight excluding hydrogens is 312 g/mol. The van der Waals surface area contributed by atoms with Gasteiger partial charge >= 0.3 is 0 Å². The van der Waals surface area contributed by atoms with E-state index in [-0.39, 0.29) is 0 Å². The fraction of sp³-hybridized carbons (Fsp3) is 0.0588. The van der Waals surface area contributed by atoms with Gasteiger partial charge in [0.2, 0.25) is 0 Å². The zero-order chi connectivity index (χ0) is 14.2. The second-order valence-electron chi connectivity index (χ2n) is 4.18. The van der Waals surface area contributed by atoms with Crippen LogP contribution >= 0.6 is 15.9 Å². The van der Waals surface area contributed by atoms with E-state index in [9.17, 15) is 0 Å². The Morgan fingerprint density at radius 2 is 1.60 bits per heavy atom. The van der Waals surface area contributed by atoms with Crippen molar-refractivity contribution in [1.29, 1.82) is 0 Å².